The lowest BCUT2D eigenvalue weighted by molar-refractivity contribution is -0.0636. The van der Waals surface area contributed by atoms with Crippen LogP contribution in [0.4, 0.5) is 0 Å². The van der Waals surface area contributed by atoms with E-state index < -0.39 is 0 Å². The molecule has 3 heterocycles. The van der Waals surface area contributed by atoms with E-state index in [4.69, 9.17) is 9.47 Å². The van der Waals surface area contributed by atoms with Crippen LogP contribution < -0.4 is 0 Å². The minimum absolute atomic E-state index is 0.0118. The lowest BCUT2D eigenvalue weighted by atomic mass is 10.1. The molecular weight excluding hydrogens is 244 g/mol. The van der Waals surface area contributed by atoms with Gasteiger partial charge in [0.2, 0.25) is 0 Å². The third-order valence-corrected chi connectivity index (χ3v) is 3.79. The second-order valence-corrected chi connectivity index (χ2v) is 5.39. The minimum atomic E-state index is -0.0118. The molecule has 6 heteroatoms. The van der Waals surface area contributed by atoms with Crippen molar-refractivity contribution in [1.82, 2.24) is 20.1 Å². The quantitative estimate of drug-likeness (QED) is 0.886. The van der Waals surface area contributed by atoms with Crippen molar-refractivity contribution in [2.75, 3.05) is 32.8 Å². The molecule has 0 aromatic carbocycles. The third kappa shape index (κ3) is 3.32. The number of hydrogen-bond acceptors (Lipinski definition) is 5. The number of aryl methyl sites for hydroxylation is 1. The second kappa shape index (κ2) is 5.98. The van der Waals surface area contributed by atoms with Gasteiger partial charge in [-0.3, -0.25) is 10.00 Å². The summed E-state index contributed by atoms with van der Waals surface area (Å²) in [5.41, 5.74) is 0. The first kappa shape index (κ1) is 13.0. The fourth-order valence-corrected chi connectivity index (χ4v) is 2.77. The average Bonchev–Trinajstić information content (AvgIpc) is 2.87. The SMILES string of the molecule is Cc1nc([C@@H]2CN(C[C@H]3CCCCO3)CCO2)n[nH]1. The molecule has 1 N–H and O–H groups in total. The molecule has 1 aromatic heterocycles. The molecule has 2 aliphatic rings. The van der Waals surface area contributed by atoms with Gasteiger partial charge in [-0.15, -0.1) is 0 Å². The van der Waals surface area contributed by atoms with Gasteiger partial charge in [-0.2, -0.15) is 5.10 Å². The molecule has 2 fully saturated rings. The lowest BCUT2D eigenvalue weighted by Gasteiger charge is -2.35. The number of morpholine rings is 1. The van der Waals surface area contributed by atoms with Gasteiger partial charge in [-0.05, 0) is 26.2 Å². The standard InChI is InChI=1S/C13H22N4O2/c1-10-14-13(16-15-10)12-9-17(5-7-19-12)8-11-4-2-3-6-18-11/h11-12H,2-9H2,1H3,(H,14,15,16)/t11-,12+/m1/s1. The number of hydrogen-bond donors (Lipinski definition) is 1. The van der Waals surface area contributed by atoms with Gasteiger partial charge >= 0.3 is 0 Å². The highest BCUT2D eigenvalue weighted by molar-refractivity contribution is 4.95. The van der Waals surface area contributed by atoms with Gasteiger partial charge < -0.3 is 9.47 Å². The van der Waals surface area contributed by atoms with Gasteiger partial charge in [0.25, 0.3) is 0 Å². The van der Waals surface area contributed by atoms with Crippen LogP contribution in [0.5, 0.6) is 0 Å². The molecule has 2 atom stereocenters. The molecular formula is C13H22N4O2. The molecule has 0 radical (unpaired) electrons. The fraction of sp³-hybridized carbons (Fsp3) is 0.846. The van der Waals surface area contributed by atoms with Gasteiger partial charge in [-0.25, -0.2) is 4.98 Å². The summed E-state index contributed by atoms with van der Waals surface area (Å²) in [5.74, 6) is 1.61. The number of nitrogens with zero attached hydrogens (tertiary/aromatic N) is 3. The third-order valence-electron chi connectivity index (χ3n) is 3.79. The van der Waals surface area contributed by atoms with Crippen LogP contribution in [-0.4, -0.2) is 59.0 Å². The topological polar surface area (TPSA) is 63.3 Å². The summed E-state index contributed by atoms with van der Waals surface area (Å²) in [5, 5.41) is 7.08. The average molecular weight is 266 g/mol. The van der Waals surface area contributed by atoms with E-state index in [9.17, 15) is 0 Å². The summed E-state index contributed by atoms with van der Waals surface area (Å²) in [7, 11) is 0. The molecule has 0 aliphatic carbocycles. The zero-order valence-electron chi connectivity index (χ0n) is 11.5. The van der Waals surface area contributed by atoms with Gasteiger partial charge in [0, 0.05) is 26.2 Å². The zero-order valence-corrected chi connectivity index (χ0v) is 11.5. The molecule has 106 valence electrons. The summed E-state index contributed by atoms with van der Waals surface area (Å²) in [4.78, 5) is 6.78. The molecule has 0 spiro atoms. The van der Waals surface area contributed by atoms with Crippen molar-refractivity contribution < 1.29 is 9.47 Å². The Hall–Kier alpha value is -0.980. The van der Waals surface area contributed by atoms with Gasteiger partial charge in [-0.1, -0.05) is 0 Å². The molecule has 1 aromatic rings. The van der Waals surface area contributed by atoms with Gasteiger partial charge in [0.1, 0.15) is 11.9 Å². The summed E-state index contributed by atoms with van der Waals surface area (Å²) >= 11 is 0. The Morgan fingerprint density at radius 1 is 1.32 bits per heavy atom. The molecule has 19 heavy (non-hydrogen) atoms. The Kier molecular flexibility index (Phi) is 4.10. The van der Waals surface area contributed by atoms with Crippen LogP contribution >= 0.6 is 0 Å². The Labute approximate surface area is 113 Å². The van der Waals surface area contributed by atoms with Crippen molar-refractivity contribution in [3.8, 4) is 0 Å². The normalized spacial score (nSPS) is 29.5. The Morgan fingerprint density at radius 2 is 2.26 bits per heavy atom. The maximum absolute atomic E-state index is 5.81. The first-order chi connectivity index (χ1) is 9.31. The summed E-state index contributed by atoms with van der Waals surface area (Å²) in [6.07, 6.45) is 4.06. The summed E-state index contributed by atoms with van der Waals surface area (Å²) in [6.45, 7) is 6.40. The first-order valence-corrected chi connectivity index (χ1v) is 7.16. The van der Waals surface area contributed by atoms with Crippen molar-refractivity contribution in [2.24, 2.45) is 0 Å². The molecule has 2 saturated heterocycles. The monoisotopic (exact) mass is 266 g/mol. The van der Waals surface area contributed by atoms with Crippen LogP contribution in [0.1, 0.15) is 37.0 Å². The summed E-state index contributed by atoms with van der Waals surface area (Å²) in [6, 6.07) is 0. The van der Waals surface area contributed by atoms with E-state index in [1.807, 2.05) is 6.92 Å². The van der Waals surface area contributed by atoms with Crippen molar-refractivity contribution in [1.29, 1.82) is 0 Å². The predicted molar refractivity (Wildman–Crippen MR) is 69.8 cm³/mol. The predicted octanol–water partition coefficient (Wildman–Crippen LogP) is 1.06. The van der Waals surface area contributed by atoms with Crippen LogP contribution in [0.15, 0.2) is 0 Å². The van der Waals surface area contributed by atoms with E-state index in [-0.39, 0.29) is 6.10 Å². The van der Waals surface area contributed by atoms with Crippen LogP contribution in [0.25, 0.3) is 0 Å². The van der Waals surface area contributed by atoms with E-state index in [0.717, 1.165) is 44.5 Å². The van der Waals surface area contributed by atoms with E-state index in [2.05, 4.69) is 20.1 Å². The van der Waals surface area contributed by atoms with Crippen LogP contribution in [0.2, 0.25) is 0 Å². The second-order valence-electron chi connectivity index (χ2n) is 5.39. The maximum Gasteiger partial charge on any atom is 0.180 e. The van der Waals surface area contributed by atoms with Crippen molar-refractivity contribution >= 4 is 0 Å². The largest absolute Gasteiger partial charge is 0.377 e. The number of ether oxygens (including phenoxy) is 2. The highest BCUT2D eigenvalue weighted by Gasteiger charge is 2.27. The van der Waals surface area contributed by atoms with Crippen molar-refractivity contribution in [3.63, 3.8) is 0 Å². The highest BCUT2D eigenvalue weighted by atomic mass is 16.5. The molecule has 2 aliphatic heterocycles. The van der Waals surface area contributed by atoms with E-state index in [0.29, 0.717) is 6.10 Å². The molecule has 0 saturated carbocycles. The Bertz CT molecular complexity index is 403. The van der Waals surface area contributed by atoms with Crippen LogP contribution in [0, 0.1) is 6.92 Å². The molecule has 3 rings (SSSR count). The Balaban J connectivity index is 1.55. The number of nitrogens with one attached hydrogen (secondary N) is 1. The summed E-state index contributed by atoms with van der Waals surface area (Å²) < 4.78 is 11.6. The number of H-pyrrole nitrogens is 1. The Morgan fingerprint density at radius 3 is 3.00 bits per heavy atom. The smallest absolute Gasteiger partial charge is 0.180 e. The minimum Gasteiger partial charge on any atom is -0.377 e. The van der Waals surface area contributed by atoms with Crippen molar-refractivity contribution in [3.05, 3.63) is 11.6 Å². The fourth-order valence-electron chi connectivity index (χ4n) is 2.77. The van der Waals surface area contributed by atoms with Gasteiger partial charge in [0.15, 0.2) is 5.82 Å². The molecule has 0 bridgehead atoms. The highest BCUT2D eigenvalue weighted by Crippen LogP contribution is 2.21. The van der Waals surface area contributed by atoms with E-state index >= 15 is 0 Å². The lowest BCUT2D eigenvalue weighted by Crippen LogP contribution is -2.43. The number of aromatic nitrogens is 3. The van der Waals surface area contributed by atoms with E-state index in [1.54, 1.807) is 0 Å². The van der Waals surface area contributed by atoms with Crippen LogP contribution in [-0.2, 0) is 9.47 Å². The number of rotatable bonds is 3. The van der Waals surface area contributed by atoms with Gasteiger partial charge in [0.05, 0.1) is 12.7 Å². The van der Waals surface area contributed by atoms with E-state index in [1.165, 1.54) is 19.3 Å². The molecule has 0 unspecified atom stereocenters. The maximum atomic E-state index is 5.81. The number of aromatic amines is 1. The molecule has 6 nitrogen and oxygen atoms in total. The zero-order chi connectivity index (χ0) is 13.1. The molecule has 0 amide bonds. The van der Waals surface area contributed by atoms with Crippen molar-refractivity contribution in [2.45, 2.75) is 38.4 Å². The van der Waals surface area contributed by atoms with Crippen LogP contribution in [0.3, 0.4) is 0 Å². The first-order valence-electron chi connectivity index (χ1n) is 7.16.